The molecule has 0 aliphatic heterocycles. The Kier molecular flexibility index (Phi) is 4.34. The number of phenols is 1. The number of aromatic hydroxyl groups is 1. The summed E-state index contributed by atoms with van der Waals surface area (Å²) in [7, 11) is 0. The Labute approximate surface area is 145 Å². The lowest BCUT2D eigenvalue weighted by atomic mass is 9.53. The topological polar surface area (TPSA) is 52.5 Å². The molecule has 0 unspecified atom stereocenters. The monoisotopic (exact) mass is 329 g/mol. The predicted molar refractivity (Wildman–Crippen MR) is 96.4 cm³/mol. The van der Waals surface area contributed by atoms with Crippen molar-refractivity contribution in [1.29, 1.82) is 0 Å². The summed E-state index contributed by atoms with van der Waals surface area (Å²) in [4.78, 5) is 0. The van der Waals surface area contributed by atoms with Crippen molar-refractivity contribution in [2.24, 2.45) is 5.92 Å². The molecule has 3 N–H and O–H groups in total. The average Bonchev–Trinajstić information content (AvgIpc) is 2.53. The molecule has 0 amide bonds. The van der Waals surface area contributed by atoms with E-state index in [1.807, 2.05) is 6.07 Å². The first-order chi connectivity index (χ1) is 11.6. The number of fused-ring (bicyclic) bond motifs is 3. The highest BCUT2D eigenvalue weighted by molar-refractivity contribution is 5.45. The van der Waals surface area contributed by atoms with Crippen LogP contribution in [-0.2, 0) is 11.8 Å². The zero-order valence-corrected chi connectivity index (χ0v) is 14.7. The normalized spacial score (nSPS) is 32.7. The van der Waals surface area contributed by atoms with Crippen molar-refractivity contribution in [1.82, 2.24) is 5.32 Å². The Bertz CT molecular complexity index is 598. The van der Waals surface area contributed by atoms with E-state index in [1.54, 1.807) is 6.07 Å². The third kappa shape index (κ3) is 2.66. The second kappa shape index (κ2) is 6.34. The third-order valence-electron chi connectivity index (χ3n) is 7.14. The van der Waals surface area contributed by atoms with Gasteiger partial charge in [-0.3, -0.25) is 0 Å². The quantitative estimate of drug-likeness (QED) is 0.723. The molecule has 3 heteroatoms. The van der Waals surface area contributed by atoms with E-state index in [2.05, 4.69) is 11.4 Å². The van der Waals surface area contributed by atoms with Crippen molar-refractivity contribution < 1.29 is 10.2 Å². The standard InChI is InChI=1S/C21H31NO2/c23-18-7-6-17-8-11-21(24)10-2-1-9-20(21,19(17)14-18)12-13-22-15-16-4-3-5-16/h6-7,14,16,22-24H,1-5,8-13,15H2/t20-,21+/m0/s1. The van der Waals surface area contributed by atoms with Crippen molar-refractivity contribution in [3.63, 3.8) is 0 Å². The molecule has 3 aliphatic rings. The summed E-state index contributed by atoms with van der Waals surface area (Å²) < 4.78 is 0. The number of rotatable bonds is 5. The summed E-state index contributed by atoms with van der Waals surface area (Å²) in [5.41, 5.74) is 1.79. The molecule has 1 aromatic carbocycles. The van der Waals surface area contributed by atoms with Gasteiger partial charge in [-0.05, 0) is 87.2 Å². The van der Waals surface area contributed by atoms with Crippen molar-refractivity contribution >= 4 is 0 Å². The number of aliphatic hydroxyl groups is 1. The summed E-state index contributed by atoms with van der Waals surface area (Å²) in [6.07, 6.45) is 11.2. The number of phenolic OH excluding ortho intramolecular Hbond substituents is 1. The molecule has 1 aromatic rings. The van der Waals surface area contributed by atoms with E-state index in [0.29, 0.717) is 5.75 Å². The van der Waals surface area contributed by atoms with Crippen LogP contribution in [0.5, 0.6) is 5.75 Å². The Balaban J connectivity index is 1.58. The molecule has 3 nitrogen and oxygen atoms in total. The van der Waals surface area contributed by atoms with E-state index in [9.17, 15) is 10.2 Å². The van der Waals surface area contributed by atoms with Gasteiger partial charge in [-0.25, -0.2) is 0 Å². The molecule has 4 rings (SSSR count). The predicted octanol–water partition coefficient (Wildman–Crippen LogP) is 3.66. The minimum absolute atomic E-state index is 0.176. The highest BCUT2D eigenvalue weighted by Gasteiger charge is 2.54. The van der Waals surface area contributed by atoms with Gasteiger partial charge >= 0.3 is 0 Å². The van der Waals surface area contributed by atoms with Gasteiger partial charge in [0.2, 0.25) is 0 Å². The number of nitrogens with one attached hydrogen (secondary N) is 1. The molecular weight excluding hydrogens is 298 g/mol. The zero-order chi connectivity index (χ0) is 16.6. The Hall–Kier alpha value is -1.06. The van der Waals surface area contributed by atoms with Crippen molar-refractivity contribution in [2.75, 3.05) is 13.1 Å². The molecule has 3 aliphatic carbocycles. The van der Waals surface area contributed by atoms with Crippen LogP contribution in [-0.4, -0.2) is 28.9 Å². The first-order valence-corrected chi connectivity index (χ1v) is 9.88. The number of benzene rings is 1. The van der Waals surface area contributed by atoms with Crippen molar-refractivity contribution in [2.45, 2.75) is 75.2 Å². The van der Waals surface area contributed by atoms with E-state index in [4.69, 9.17) is 0 Å². The molecule has 0 bridgehead atoms. The molecule has 2 fully saturated rings. The Morgan fingerprint density at radius 2 is 1.92 bits per heavy atom. The van der Waals surface area contributed by atoms with Gasteiger partial charge in [0.05, 0.1) is 5.60 Å². The Morgan fingerprint density at radius 1 is 1.08 bits per heavy atom. The van der Waals surface area contributed by atoms with Gasteiger partial charge in [0.25, 0.3) is 0 Å². The molecule has 0 heterocycles. The maximum Gasteiger partial charge on any atom is 0.115 e. The maximum atomic E-state index is 11.5. The van der Waals surface area contributed by atoms with E-state index in [-0.39, 0.29) is 5.41 Å². The molecule has 2 atom stereocenters. The lowest BCUT2D eigenvalue weighted by Gasteiger charge is -2.55. The van der Waals surface area contributed by atoms with E-state index < -0.39 is 5.60 Å². The summed E-state index contributed by atoms with van der Waals surface area (Å²) in [6.45, 7) is 2.09. The lowest BCUT2D eigenvalue weighted by Crippen LogP contribution is -2.57. The summed E-state index contributed by atoms with van der Waals surface area (Å²) in [5, 5.41) is 25.3. The third-order valence-corrected chi connectivity index (χ3v) is 7.14. The van der Waals surface area contributed by atoms with Crippen LogP contribution in [0.3, 0.4) is 0 Å². The fourth-order valence-corrected chi connectivity index (χ4v) is 5.43. The molecule has 24 heavy (non-hydrogen) atoms. The van der Waals surface area contributed by atoms with Gasteiger partial charge in [-0.1, -0.05) is 25.3 Å². The van der Waals surface area contributed by atoms with Crippen LogP contribution in [0.1, 0.15) is 68.9 Å². The van der Waals surface area contributed by atoms with Crippen LogP contribution < -0.4 is 5.32 Å². The summed E-state index contributed by atoms with van der Waals surface area (Å²) >= 11 is 0. The first-order valence-electron chi connectivity index (χ1n) is 9.88. The maximum absolute atomic E-state index is 11.5. The van der Waals surface area contributed by atoms with Gasteiger partial charge in [0, 0.05) is 5.41 Å². The first kappa shape index (κ1) is 16.4. The SMILES string of the molecule is Oc1ccc2c(c1)[C@@]1(CCNCC3CCC3)CCCC[C@@]1(O)CC2. The molecular formula is C21H31NO2. The largest absolute Gasteiger partial charge is 0.508 e. The fourth-order valence-electron chi connectivity index (χ4n) is 5.43. The van der Waals surface area contributed by atoms with Crippen molar-refractivity contribution in [3.05, 3.63) is 29.3 Å². The van der Waals surface area contributed by atoms with Gasteiger partial charge in [-0.15, -0.1) is 0 Å². The second-order valence-corrected chi connectivity index (χ2v) is 8.41. The average molecular weight is 329 g/mol. The lowest BCUT2D eigenvalue weighted by molar-refractivity contribution is -0.0869. The summed E-state index contributed by atoms with van der Waals surface area (Å²) in [6, 6.07) is 5.81. The van der Waals surface area contributed by atoms with E-state index in [0.717, 1.165) is 57.5 Å². The molecule has 0 spiro atoms. The number of hydrogen-bond acceptors (Lipinski definition) is 3. The van der Waals surface area contributed by atoms with Gasteiger partial charge in [-0.2, -0.15) is 0 Å². The minimum Gasteiger partial charge on any atom is -0.508 e. The highest BCUT2D eigenvalue weighted by Crippen LogP contribution is 2.55. The zero-order valence-electron chi connectivity index (χ0n) is 14.7. The van der Waals surface area contributed by atoms with Crippen LogP contribution in [0.15, 0.2) is 18.2 Å². The van der Waals surface area contributed by atoms with Crippen LogP contribution in [0, 0.1) is 5.92 Å². The van der Waals surface area contributed by atoms with Crippen LogP contribution in [0.4, 0.5) is 0 Å². The van der Waals surface area contributed by atoms with Gasteiger partial charge < -0.3 is 15.5 Å². The van der Waals surface area contributed by atoms with E-state index in [1.165, 1.54) is 36.8 Å². The molecule has 0 aromatic heterocycles. The summed E-state index contributed by atoms with van der Waals surface area (Å²) in [5.74, 6) is 1.21. The van der Waals surface area contributed by atoms with Crippen molar-refractivity contribution in [3.8, 4) is 5.75 Å². The smallest absolute Gasteiger partial charge is 0.115 e. The fraction of sp³-hybridized carbons (Fsp3) is 0.714. The van der Waals surface area contributed by atoms with Gasteiger partial charge in [0.1, 0.15) is 5.75 Å². The van der Waals surface area contributed by atoms with Gasteiger partial charge in [0.15, 0.2) is 0 Å². The number of aryl methyl sites for hydroxylation is 1. The van der Waals surface area contributed by atoms with E-state index >= 15 is 0 Å². The molecule has 0 saturated heterocycles. The molecule has 2 saturated carbocycles. The van der Waals surface area contributed by atoms with Crippen LogP contribution in [0.2, 0.25) is 0 Å². The van der Waals surface area contributed by atoms with Crippen LogP contribution >= 0.6 is 0 Å². The molecule has 0 radical (unpaired) electrons. The Morgan fingerprint density at radius 3 is 2.71 bits per heavy atom. The molecule has 132 valence electrons. The minimum atomic E-state index is -0.593. The highest BCUT2D eigenvalue weighted by atomic mass is 16.3. The van der Waals surface area contributed by atoms with Crippen LogP contribution in [0.25, 0.3) is 0 Å². The number of hydrogen-bond donors (Lipinski definition) is 3. The second-order valence-electron chi connectivity index (χ2n) is 8.41.